The third kappa shape index (κ3) is 2.29. The van der Waals surface area contributed by atoms with Gasteiger partial charge in [-0.25, -0.2) is 4.79 Å². The smallest absolute Gasteiger partial charge is 0.320 e. The van der Waals surface area contributed by atoms with Gasteiger partial charge in [0.05, 0.1) is 0 Å². The number of carbonyl (C=O) groups excluding carboxylic acids is 1. The van der Waals surface area contributed by atoms with Crippen molar-refractivity contribution in [1.82, 2.24) is 9.80 Å². The Kier molecular flexibility index (Phi) is 3.64. The highest BCUT2D eigenvalue weighted by atomic mass is 16.2. The summed E-state index contributed by atoms with van der Waals surface area (Å²) in [7, 11) is 1.90. The van der Waals surface area contributed by atoms with Crippen LogP contribution in [0.3, 0.4) is 0 Å². The molecule has 1 aliphatic carbocycles. The molecule has 1 aliphatic heterocycles. The van der Waals surface area contributed by atoms with Crippen molar-refractivity contribution in [3.63, 3.8) is 0 Å². The van der Waals surface area contributed by atoms with Crippen molar-refractivity contribution in [2.24, 2.45) is 17.8 Å². The Morgan fingerprint density at radius 3 is 2.35 bits per heavy atom. The average molecular weight is 238 g/mol. The number of amides is 2. The van der Waals surface area contributed by atoms with Crippen LogP contribution in [0.25, 0.3) is 0 Å². The van der Waals surface area contributed by atoms with Gasteiger partial charge in [-0.15, -0.1) is 0 Å². The van der Waals surface area contributed by atoms with E-state index in [4.69, 9.17) is 0 Å². The van der Waals surface area contributed by atoms with Crippen LogP contribution in [0.1, 0.15) is 40.0 Å². The topological polar surface area (TPSA) is 23.6 Å². The molecular weight excluding hydrogens is 212 g/mol. The fourth-order valence-electron chi connectivity index (χ4n) is 3.59. The third-order valence-corrected chi connectivity index (χ3v) is 4.77. The molecule has 1 atom stereocenters. The molecule has 2 amide bonds. The molecule has 98 valence electrons. The molecule has 2 rings (SSSR count). The van der Waals surface area contributed by atoms with Gasteiger partial charge in [-0.05, 0) is 30.6 Å². The molecule has 2 fully saturated rings. The number of carbonyl (C=O) groups is 1. The van der Waals surface area contributed by atoms with Gasteiger partial charge in [0.1, 0.15) is 0 Å². The number of rotatable bonds is 4. The van der Waals surface area contributed by atoms with Crippen LogP contribution in [0.2, 0.25) is 0 Å². The van der Waals surface area contributed by atoms with Gasteiger partial charge in [-0.2, -0.15) is 0 Å². The molecular formula is C14H26N2O. The fraction of sp³-hybridized carbons (Fsp3) is 0.929. The SMILES string of the molecule is CCC(C(C)C)[C@H]1C[C@@H](N2CCN(C)C2=O)C1. The lowest BCUT2D eigenvalue weighted by Crippen LogP contribution is -2.48. The van der Waals surface area contributed by atoms with Gasteiger partial charge < -0.3 is 9.80 Å². The first-order chi connectivity index (χ1) is 8.04. The summed E-state index contributed by atoms with van der Waals surface area (Å²) in [5.74, 6) is 2.48. The summed E-state index contributed by atoms with van der Waals surface area (Å²) in [4.78, 5) is 15.8. The normalized spacial score (nSPS) is 31.0. The van der Waals surface area contributed by atoms with Crippen LogP contribution in [0, 0.1) is 17.8 Å². The first kappa shape index (κ1) is 12.7. The van der Waals surface area contributed by atoms with Crippen molar-refractivity contribution in [1.29, 1.82) is 0 Å². The van der Waals surface area contributed by atoms with Crippen LogP contribution >= 0.6 is 0 Å². The predicted molar refractivity (Wildman–Crippen MR) is 69.9 cm³/mol. The maximum atomic E-state index is 11.9. The van der Waals surface area contributed by atoms with E-state index in [0.717, 1.165) is 30.8 Å². The first-order valence-electron chi connectivity index (χ1n) is 7.06. The molecule has 0 aromatic carbocycles. The van der Waals surface area contributed by atoms with Crippen molar-refractivity contribution in [2.75, 3.05) is 20.1 Å². The van der Waals surface area contributed by atoms with Crippen molar-refractivity contribution in [3.8, 4) is 0 Å². The fourth-order valence-corrected chi connectivity index (χ4v) is 3.59. The van der Waals surface area contributed by atoms with Gasteiger partial charge in [-0.3, -0.25) is 0 Å². The van der Waals surface area contributed by atoms with E-state index in [1.165, 1.54) is 19.3 Å². The van der Waals surface area contributed by atoms with E-state index in [9.17, 15) is 4.79 Å². The molecule has 2 aliphatic rings. The maximum Gasteiger partial charge on any atom is 0.320 e. The second kappa shape index (κ2) is 4.87. The maximum absolute atomic E-state index is 11.9. The van der Waals surface area contributed by atoms with E-state index in [1.54, 1.807) is 0 Å². The summed E-state index contributed by atoms with van der Waals surface area (Å²) in [6, 6.07) is 0.774. The third-order valence-electron chi connectivity index (χ3n) is 4.77. The van der Waals surface area contributed by atoms with Gasteiger partial charge in [0.2, 0.25) is 0 Å². The summed E-state index contributed by atoms with van der Waals surface area (Å²) in [5.41, 5.74) is 0. The van der Waals surface area contributed by atoms with Crippen molar-refractivity contribution < 1.29 is 4.79 Å². The van der Waals surface area contributed by atoms with Crippen molar-refractivity contribution in [3.05, 3.63) is 0 Å². The van der Waals surface area contributed by atoms with Crippen molar-refractivity contribution in [2.45, 2.75) is 46.1 Å². The quantitative estimate of drug-likeness (QED) is 0.739. The second-order valence-electron chi connectivity index (χ2n) is 6.10. The van der Waals surface area contributed by atoms with E-state index in [2.05, 4.69) is 25.7 Å². The lowest BCUT2D eigenvalue weighted by atomic mass is 9.67. The molecule has 0 aromatic heterocycles. The Balaban J connectivity index is 1.84. The molecule has 1 saturated carbocycles. The molecule has 0 aromatic rings. The Hall–Kier alpha value is -0.730. The monoisotopic (exact) mass is 238 g/mol. The Labute approximate surface area is 105 Å². The summed E-state index contributed by atoms with van der Waals surface area (Å²) in [5, 5.41) is 0. The standard InChI is InChI=1S/C14H26N2O/c1-5-13(10(2)3)11-8-12(9-11)16-7-6-15(4)14(16)17/h10-13H,5-9H2,1-4H3/t11-,12+,13?. The molecule has 0 N–H and O–H groups in total. The zero-order chi connectivity index (χ0) is 12.6. The van der Waals surface area contributed by atoms with Crippen LogP contribution in [-0.2, 0) is 0 Å². The van der Waals surface area contributed by atoms with Gasteiger partial charge >= 0.3 is 6.03 Å². The minimum Gasteiger partial charge on any atom is -0.326 e. The molecule has 17 heavy (non-hydrogen) atoms. The van der Waals surface area contributed by atoms with E-state index in [0.29, 0.717) is 6.04 Å². The summed E-state index contributed by atoms with van der Waals surface area (Å²) in [6.45, 7) is 8.80. The highest BCUT2D eigenvalue weighted by Gasteiger charge is 2.42. The van der Waals surface area contributed by atoms with Crippen LogP contribution < -0.4 is 0 Å². The second-order valence-corrected chi connectivity index (χ2v) is 6.10. The zero-order valence-corrected chi connectivity index (χ0v) is 11.6. The predicted octanol–water partition coefficient (Wildman–Crippen LogP) is 2.81. The lowest BCUT2D eigenvalue weighted by molar-refractivity contribution is 0.0593. The first-order valence-corrected chi connectivity index (χ1v) is 7.06. The Morgan fingerprint density at radius 2 is 1.94 bits per heavy atom. The van der Waals surface area contributed by atoms with E-state index >= 15 is 0 Å². The van der Waals surface area contributed by atoms with Crippen LogP contribution in [0.15, 0.2) is 0 Å². The molecule has 0 bridgehead atoms. The number of nitrogens with zero attached hydrogens (tertiary/aromatic N) is 2. The molecule has 0 spiro atoms. The van der Waals surface area contributed by atoms with Crippen LogP contribution in [0.5, 0.6) is 0 Å². The summed E-state index contributed by atoms with van der Waals surface area (Å²) < 4.78 is 0. The van der Waals surface area contributed by atoms with Gasteiger partial charge in [-0.1, -0.05) is 27.2 Å². The van der Waals surface area contributed by atoms with E-state index in [1.807, 2.05) is 11.9 Å². The number of hydrogen-bond donors (Lipinski definition) is 0. The number of hydrogen-bond acceptors (Lipinski definition) is 1. The molecule has 0 radical (unpaired) electrons. The van der Waals surface area contributed by atoms with Gasteiger partial charge in [0.15, 0.2) is 0 Å². The van der Waals surface area contributed by atoms with Gasteiger partial charge in [0.25, 0.3) is 0 Å². The summed E-state index contributed by atoms with van der Waals surface area (Å²) >= 11 is 0. The molecule has 1 unspecified atom stereocenters. The Bertz CT molecular complexity index is 284. The van der Waals surface area contributed by atoms with Crippen LogP contribution in [-0.4, -0.2) is 42.0 Å². The largest absolute Gasteiger partial charge is 0.326 e. The molecule has 1 heterocycles. The van der Waals surface area contributed by atoms with E-state index in [-0.39, 0.29) is 6.03 Å². The summed E-state index contributed by atoms with van der Waals surface area (Å²) in [6.07, 6.45) is 3.75. The minimum absolute atomic E-state index is 0.242. The number of urea groups is 1. The van der Waals surface area contributed by atoms with Crippen molar-refractivity contribution >= 4 is 6.03 Å². The number of likely N-dealkylation sites (N-methyl/N-ethyl adjacent to an activating group) is 1. The van der Waals surface area contributed by atoms with Crippen LogP contribution in [0.4, 0.5) is 4.79 Å². The molecule has 1 saturated heterocycles. The van der Waals surface area contributed by atoms with Gasteiger partial charge in [0, 0.05) is 26.2 Å². The minimum atomic E-state index is 0.242. The Morgan fingerprint density at radius 1 is 1.29 bits per heavy atom. The lowest BCUT2D eigenvalue weighted by Gasteiger charge is -2.45. The highest BCUT2D eigenvalue weighted by Crippen LogP contribution is 2.42. The van der Waals surface area contributed by atoms with E-state index < -0.39 is 0 Å². The highest BCUT2D eigenvalue weighted by molar-refractivity contribution is 5.76. The molecule has 3 heteroatoms. The zero-order valence-electron chi connectivity index (χ0n) is 11.6. The average Bonchev–Trinajstić information content (AvgIpc) is 2.53. The molecule has 3 nitrogen and oxygen atoms in total.